The van der Waals surface area contributed by atoms with E-state index in [-0.39, 0.29) is 6.04 Å². The molecule has 2 N–H and O–H groups in total. The molecule has 0 bridgehead atoms. The van der Waals surface area contributed by atoms with E-state index in [1.165, 1.54) is 0 Å². The van der Waals surface area contributed by atoms with Crippen molar-refractivity contribution in [1.29, 1.82) is 0 Å². The minimum atomic E-state index is -3.49. The first-order chi connectivity index (χ1) is 14.5. The van der Waals surface area contributed by atoms with E-state index >= 15 is 0 Å². The average Bonchev–Trinajstić information content (AvgIpc) is 2.77. The molecule has 0 saturated carbocycles. The Morgan fingerprint density at radius 3 is 2.20 bits per heavy atom. The van der Waals surface area contributed by atoms with Gasteiger partial charge in [0.25, 0.3) is 0 Å². The van der Waals surface area contributed by atoms with Crippen LogP contribution in [0.15, 0.2) is 83.8 Å². The highest BCUT2D eigenvalue weighted by atomic mass is 32.2. The Morgan fingerprint density at radius 2 is 1.57 bits per heavy atom. The molecular formula is C24H28N2O3S. The molecule has 3 aromatic rings. The number of nitrogens with one attached hydrogen (secondary N) is 2. The van der Waals surface area contributed by atoms with E-state index in [0.717, 1.165) is 29.0 Å². The molecule has 0 aromatic heterocycles. The standard InChI is InChI=1S/C24H28N2O3S/c1-19-10-16-23(17-11-19)30(27,28)25-18-6-9-24(20-7-4-3-5-8-20)26-21-12-14-22(29-2)15-13-21/h3-5,7-8,10-17,24-26H,6,9,18H2,1-2H3. The van der Waals surface area contributed by atoms with Gasteiger partial charge in [0.15, 0.2) is 0 Å². The number of benzene rings is 3. The number of anilines is 1. The van der Waals surface area contributed by atoms with Crippen molar-refractivity contribution >= 4 is 15.7 Å². The Bertz CT molecular complexity index is 1020. The van der Waals surface area contributed by atoms with Crippen molar-refractivity contribution < 1.29 is 13.2 Å². The van der Waals surface area contributed by atoms with Crippen molar-refractivity contribution in [3.8, 4) is 5.75 Å². The molecule has 0 radical (unpaired) electrons. The molecule has 0 spiro atoms. The van der Waals surface area contributed by atoms with Crippen LogP contribution in [-0.2, 0) is 10.0 Å². The SMILES string of the molecule is COc1ccc(NC(CCCNS(=O)(=O)c2ccc(C)cc2)c2ccccc2)cc1. The van der Waals surface area contributed by atoms with Crippen LogP contribution in [0.4, 0.5) is 5.69 Å². The van der Waals surface area contributed by atoms with E-state index < -0.39 is 10.0 Å². The third kappa shape index (κ3) is 6.08. The van der Waals surface area contributed by atoms with Gasteiger partial charge in [0, 0.05) is 12.2 Å². The summed E-state index contributed by atoms with van der Waals surface area (Å²) in [6.07, 6.45) is 1.49. The summed E-state index contributed by atoms with van der Waals surface area (Å²) in [5.41, 5.74) is 3.18. The van der Waals surface area contributed by atoms with Gasteiger partial charge in [-0.25, -0.2) is 13.1 Å². The molecule has 5 nitrogen and oxygen atoms in total. The molecule has 0 fully saturated rings. The maximum atomic E-state index is 12.5. The van der Waals surface area contributed by atoms with Crippen LogP contribution in [0.2, 0.25) is 0 Å². The van der Waals surface area contributed by atoms with Gasteiger partial charge >= 0.3 is 0 Å². The van der Waals surface area contributed by atoms with Gasteiger partial charge in [-0.2, -0.15) is 0 Å². The van der Waals surface area contributed by atoms with E-state index in [4.69, 9.17) is 4.74 Å². The van der Waals surface area contributed by atoms with Crippen LogP contribution in [0.25, 0.3) is 0 Å². The zero-order chi connectivity index (χ0) is 21.4. The molecule has 30 heavy (non-hydrogen) atoms. The summed E-state index contributed by atoms with van der Waals surface area (Å²) in [4.78, 5) is 0.295. The lowest BCUT2D eigenvalue weighted by Crippen LogP contribution is -2.25. The highest BCUT2D eigenvalue weighted by Crippen LogP contribution is 2.25. The van der Waals surface area contributed by atoms with E-state index in [1.807, 2.05) is 49.4 Å². The number of ether oxygens (including phenoxy) is 1. The quantitative estimate of drug-likeness (QED) is 0.454. The summed E-state index contributed by atoms with van der Waals surface area (Å²) in [6.45, 7) is 2.31. The lowest BCUT2D eigenvalue weighted by Gasteiger charge is -2.21. The Hall–Kier alpha value is -2.83. The summed E-state index contributed by atoms with van der Waals surface area (Å²) < 4.78 is 32.9. The van der Waals surface area contributed by atoms with Gasteiger partial charge in [-0.1, -0.05) is 48.0 Å². The minimum Gasteiger partial charge on any atom is -0.497 e. The summed E-state index contributed by atoms with van der Waals surface area (Å²) in [7, 11) is -1.84. The maximum absolute atomic E-state index is 12.5. The number of sulfonamides is 1. The smallest absolute Gasteiger partial charge is 0.240 e. The highest BCUT2D eigenvalue weighted by molar-refractivity contribution is 7.89. The number of hydrogen-bond donors (Lipinski definition) is 2. The van der Waals surface area contributed by atoms with Gasteiger partial charge in [0.2, 0.25) is 10.0 Å². The topological polar surface area (TPSA) is 67.4 Å². The third-order valence-electron chi connectivity index (χ3n) is 4.93. The van der Waals surface area contributed by atoms with Gasteiger partial charge in [0.05, 0.1) is 18.0 Å². The Kier molecular flexibility index (Phi) is 7.49. The molecule has 1 atom stereocenters. The molecule has 158 valence electrons. The zero-order valence-electron chi connectivity index (χ0n) is 17.3. The molecular weight excluding hydrogens is 396 g/mol. The second kappa shape index (κ2) is 10.3. The Morgan fingerprint density at radius 1 is 0.900 bits per heavy atom. The van der Waals surface area contributed by atoms with Crippen molar-refractivity contribution in [2.24, 2.45) is 0 Å². The number of rotatable bonds is 10. The first-order valence-electron chi connectivity index (χ1n) is 10.00. The first kappa shape index (κ1) is 21.9. The lowest BCUT2D eigenvalue weighted by molar-refractivity contribution is 0.415. The molecule has 0 saturated heterocycles. The lowest BCUT2D eigenvalue weighted by atomic mass is 10.0. The predicted molar refractivity (Wildman–Crippen MR) is 121 cm³/mol. The third-order valence-corrected chi connectivity index (χ3v) is 6.40. The average molecular weight is 425 g/mol. The molecule has 0 amide bonds. The van der Waals surface area contributed by atoms with E-state index in [2.05, 4.69) is 22.2 Å². The van der Waals surface area contributed by atoms with Crippen LogP contribution >= 0.6 is 0 Å². The number of methoxy groups -OCH3 is 1. The predicted octanol–water partition coefficient (Wildman–Crippen LogP) is 4.92. The van der Waals surface area contributed by atoms with Crippen LogP contribution in [0, 0.1) is 6.92 Å². The Balaban J connectivity index is 1.61. The molecule has 1 unspecified atom stereocenters. The van der Waals surface area contributed by atoms with E-state index in [9.17, 15) is 8.42 Å². The van der Waals surface area contributed by atoms with Crippen LogP contribution in [-0.4, -0.2) is 22.1 Å². The van der Waals surface area contributed by atoms with Crippen molar-refractivity contribution in [2.45, 2.75) is 30.7 Å². The van der Waals surface area contributed by atoms with Crippen LogP contribution < -0.4 is 14.8 Å². The molecule has 3 aromatic carbocycles. The second-order valence-corrected chi connectivity index (χ2v) is 8.96. The van der Waals surface area contributed by atoms with Crippen molar-refractivity contribution in [3.63, 3.8) is 0 Å². The normalized spacial score (nSPS) is 12.3. The Labute approximate surface area is 179 Å². The van der Waals surface area contributed by atoms with Crippen molar-refractivity contribution in [3.05, 3.63) is 90.0 Å². The van der Waals surface area contributed by atoms with Gasteiger partial charge in [-0.3, -0.25) is 0 Å². The fourth-order valence-electron chi connectivity index (χ4n) is 3.21. The van der Waals surface area contributed by atoms with Gasteiger partial charge in [-0.15, -0.1) is 0 Å². The number of hydrogen-bond acceptors (Lipinski definition) is 4. The fraction of sp³-hybridized carbons (Fsp3) is 0.250. The summed E-state index contributed by atoms with van der Waals surface area (Å²) in [5.74, 6) is 0.808. The van der Waals surface area contributed by atoms with E-state index in [0.29, 0.717) is 17.9 Å². The zero-order valence-corrected chi connectivity index (χ0v) is 18.2. The molecule has 6 heteroatoms. The molecule has 0 aliphatic rings. The second-order valence-electron chi connectivity index (χ2n) is 7.19. The molecule has 0 heterocycles. The summed E-state index contributed by atoms with van der Waals surface area (Å²) in [6, 6.07) is 24.9. The minimum absolute atomic E-state index is 0.0727. The van der Waals surface area contributed by atoms with Gasteiger partial charge < -0.3 is 10.1 Å². The van der Waals surface area contributed by atoms with Crippen molar-refractivity contribution in [1.82, 2.24) is 4.72 Å². The summed E-state index contributed by atoms with van der Waals surface area (Å²) in [5, 5.41) is 3.55. The monoisotopic (exact) mass is 424 g/mol. The first-order valence-corrected chi connectivity index (χ1v) is 11.5. The number of aryl methyl sites for hydroxylation is 1. The molecule has 3 rings (SSSR count). The maximum Gasteiger partial charge on any atom is 0.240 e. The van der Waals surface area contributed by atoms with Crippen LogP contribution in [0.3, 0.4) is 0 Å². The van der Waals surface area contributed by atoms with E-state index in [1.54, 1.807) is 31.4 Å². The van der Waals surface area contributed by atoms with Crippen LogP contribution in [0.1, 0.15) is 30.0 Å². The summed E-state index contributed by atoms with van der Waals surface area (Å²) >= 11 is 0. The molecule has 0 aliphatic carbocycles. The van der Waals surface area contributed by atoms with Gasteiger partial charge in [0.1, 0.15) is 5.75 Å². The van der Waals surface area contributed by atoms with Gasteiger partial charge in [-0.05, 0) is 61.7 Å². The molecule has 0 aliphatic heterocycles. The van der Waals surface area contributed by atoms with Crippen LogP contribution in [0.5, 0.6) is 5.75 Å². The largest absolute Gasteiger partial charge is 0.497 e. The fourth-order valence-corrected chi connectivity index (χ4v) is 4.28. The highest BCUT2D eigenvalue weighted by Gasteiger charge is 2.15. The van der Waals surface area contributed by atoms with Crippen molar-refractivity contribution in [2.75, 3.05) is 19.0 Å².